The summed E-state index contributed by atoms with van der Waals surface area (Å²) in [6.45, 7) is 1.96. The average Bonchev–Trinajstić information content (AvgIpc) is 2.93. The fourth-order valence-electron chi connectivity index (χ4n) is 4.11. The number of aryl methyl sites for hydroxylation is 1. The van der Waals surface area contributed by atoms with Crippen LogP contribution in [0.15, 0.2) is 95.8 Å². The molecule has 1 N–H and O–H groups in total. The molecule has 5 rings (SSSR count). The standard InChI is InChI=1S/C32H24N2O3/c1-22-20-24(13-12-23-8-4-3-5-9-23)14-17-28(22)34-31(33-27-11-7-6-10-26(27)32(34)36)19-16-25-15-18-29(35)30(21-25)37-2/h3-11,14-21,35H,1-2H3. The number of methoxy groups -OCH3 is 1. The van der Waals surface area contributed by atoms with E-state index >= 15 is 0 Å². The molecule has 5 heteroatoms. The molecule has 0 atom stereocenters. The third-order valence-corrected chi connectivity index (χ3v) is 5.99. The molecule has 0 aliphatic heterocycles. The highest BCUT2D eigenvalue weighted by atomic mass is 16.5. The number of ether oxygens (including phenoxy) is 1. The molecule has 0 radical (unpaired) electrons. The Labute approximate surface area is 215 Å². The lowest BCUT2D eigenvalue weighted by atomic mass is 10.1. The number of phenolic OH excluding ortho intramolecular Hbond substituents is 1. The monoisotopic (exact) mass is 484 g/mol. The molecular formula is C32H24N2O3. The minimum absolute atomic E-state index is 0.0615. The van der Waals surface area contributed by atoms with Gasteiger partial charge in [-0.2, -0.15) is 0 Å². The number of benzene rings is 4. The minimum Gasteiger partial charge on any atom is -0.504 e. The lowest BCUT2D eigenvalue weighted by Gasteiger charge is -2.14. The highest BCUT2D eigenvalue weighted by Gasteiger charge is 2.13. The summed E-state index contributed by atoms with van der Waals surface area (Å²) >= 11 is 0. The van der Waals surface area contributed by atoms with Gasteiger partial charge in [0.1, 0.15) is 5.82 Å². The molecule has 0 spiro atoms. The first-order valence-electron chi connectivity index (χ1n) is 11.8. The zero-order valence-electron chi connectivity index (χ0n) is 20.5. The number of nitrogens with zero attached hydrogens (tertiary/aromatic N) is 2. The lowest BCUT2D eigenvalue weighted by molar-refractivity contribution is 0.373. The molecule has 0 unspecified atom stereocenters. The van der Waals surface area contributed by atoms with Crippen molar-refractivity contribution in [2.24, 2.45) is 0 Å². The summed E-state index contributed by atoms with van der Waals surface area (Å²) in [5, 5.41) is 10.4. The predicted molar refractivity (Wildman–Crippen MR) is 148 cm³/mol. The Morgan fingerprint density at radius 1 is 0.865 bits per heavy atom. The Kier molecular flexibility index (Phi) is 6.56. The van der Waals surface area contributed by atoms with E-state index in [1.165, 1.54) is 7.11 Å². The smallest absolute Gasteiger partial charge is 0.266 e. The van der Waals surface area contributed by atoms with Gasteiger partial charge in [0.05, 0.1) is 23.7 Å². The highest BCUT2D eigenvalue weighted by molar-refractivity contribution is 5.80. The van der Waals surface area contributed by atoms with E-state index in [2.05, 4.69) is 11.8 Å². The summed E-state index contributed by atoms with van der Waals surface area (Å²) in [4.78, 5) is 18.5. The summed E-state index contributed by atoms with van der Waals surface area (Å²) in [6.07, 6.45) is 3.63. The molecule has 0 amide bonds. The van der Waals surface area contributed by atoms with Crippen molar-refractivity contribution in [1.82, 2.24) is 9.55 Å². The maximum absolute atomic E-state index is 13.7. The van der Waals surface area contributed by atoms with Crippen molar-refractivity contribution in [3.8, 4) is 29.0 Å². The molecule has 0 bridgehead atoms. The SMILES string of the molecule is COc1cc(C=Cc2nc3ccccc3c(=O)n2-c2ccc(C#Cc3ccccc3)cc2C)ccc1O. The van der Waals surface area contributed by atoms with E-state index in [-0.39, 0.29) is 11.3 Å². The van der Waals surface area contributed by atoms with Gasteiger partial charge in [-0.3, -0.25) is 9.36 Å². The molecule has 0 aliphatic rings. The van der Waals surface area contributed by atoms with E-state index < -0.39 is 0 Å². The number of para-hydroxylation sites is 1. The van der Waals surface area contributed by atoms with Crippen LogP contribution in [0.1, 0.15) is 28.1 Å². The van der Waals surface area contributed by atoms with Crippen LogP contribution in [-0.2, 0) is 0 Å². The Hall–Kier alpha value is -5.08. The highest BCUT2D eigenvalue weighted by Crippen LogP contribution is 2.27. The molecule has 0 saturated heterocycles. The van der Waals surface area contributed by atoms with Crippen molar-refractivity contribution in [2.45, 2.75) is 6.92 Å². The first-order chi connectivity index (χ1) is 18.0. The van der Waals surface area contributed by atoms with Crippen molar-refractivity contribution in [1.29, 1.82) is 0 Å². The van der Waals surface area contributed by atoms with Gasteiger partial charge in [-0.05, 0) is 78.7 Å². The summed E-state index contributed by atoms with van der Waals surface area (Å²) in [7, 11) is 1.50. The second-order valence-electron chi connectivity index (χ2n) is 8.51. The van der Waals surface area contributed by atoms with Crippen LogP contribution in [0.4, 0.5) is 0 Å². The average molecular weight is 485 g/mol. The Morgan fingerprint density at radius 3 is 2.41 bits per heavy atom. The number of phenols is 1. The van der Waals surface area contributed by atoms with Crippen LogP contribution in [0.3, 0.4) is 0 Å². The second-order valence-corrected chi connectivity index (χ2v) is 8.51. The third-order valence-electron chi connectivity index (χ3n) is 5.99. The number of aromatic nitrogens is 2. The van der Waals surface area contributed by atoms with Gasteiger partial charge < -0.3 is 9.84 Å². The summed E-state index contributed by atoms with van der Waals surface area (Å²) < 4.78 is 6.84. The van der Waals surface area contributed by atoms with Gasteiger partial charge in [-0.15, -0.1) is 0 Å². The molecule has 5 aromatic rings. The topological polar surface area (TPSA) is 64.3 Å². The first kappa shape index (κ1) is 23.7. The minimum atomic E-state index is -0.153. The van der Waals surface area contributed by atoms with Crippen LogP contribution >= 0.6 is 0 Å². The predicted octanol–water partition coefficient (Wildman–Crippen LogP) is 5.98. The van der Waals surface area contributed by atoms with Crippen molar-refractivity contribution in [3.63, 3.8) is 0 Å². The Balaban J connectivity index is 1.61. The van der Waals surface area contributed by atoms with Crippen LogP contribution in [0.5, 0.6) is 11.5 Å². The third kappa shape index (κ3) is 5.00. The van der Waals surface area contributed by atoms with Crippen molar-refractivity contribution in [2.75, 3.05) is 7.11 Å². The summed E-state index contributed by atoms with van der Waals surface area (Å²) in [5.41, 5.74) is 4.70. The maximum Gasteiger partial charge on any atom is 0.266 e. The molecular weight excluding hydrogens is 460 g/mol. The molecule has 4 aromatic carbocycles. The van der Waals surface area contributed by atoms with Gasteiger partial charge in [0.15, 0.2) is 11.5 Å². The van der Waals surface area contributed by atoms with E-state index in [1.54, 1.807) is 34.9 Å². The zero-order chi connectivity index (χ0) is 25.8. The van der Waals surface area contributed by atoms with Crippen LogP contribution in [0.25, 0.3) is 28.7 Å². The molecule has 0 fully saturated rings. The number of rotatable bonds is 4. The van der Waals surface area contributed by atoms with Gasteiger partial charge >= 0.3 is 0 Å². The van der Waals surface area contributed by atoms with Gasteiger partial charge in [0.2, 0.25) is 0 Å². The van der Waals surface area contributed by atoms with E-state index in [1.807, 2.05) is 79.7 Å². The van der Waals surface area contributed by atoms with Crippen molar-refractivity contribution < 1.29 is 9.84 Å². The number of hydrogen-bond acceptors (Lipinski definition) is 4. The summed E-state index contributed by atoms with van der Waals surface area (Å²) in [5.74, 6) is 7.30. The van der Waals surface area contributed by atoms with E-state index in [0.717, 1.165) is 27.9 Å². The maximum atomic E-state index is 13.7. The Morgan fingerprint density at radius 2 is 1.62 bits per heavy atom. The lowest BCUT2D eigenvalue weighted by Crippen LogP contribution is -2.23. The zero-order valence-corrected chi connectivity index (χ0v) is 20.5. The molecule has 180 valence electrons. The van der Waals surface area contributed by atoms with Crippen LogP contribution < -0.4 is 10.3 Å². The van der Waals surface area contributed by atoms with Crippen LogP contribution in [0.2, 0.25) is 0 Å². The summed E-state index contributed by atoms with van der Waals surface area (Å²) in [6, 6.07) is 28.0. The second kappa shape index (κ2) is 10.3. The van der Waals surface area contributed by atoms with Gasteiger partial charge in [0.25, 0.3) is 5.56 Å². The Bertz CT molecular complexity index is 1760. The first-order valence-corrected chi connectivity index (χ1v) is 11.8. The molecule has 5 nitrogen and oxygen atoms in total. The molecule has 0 saturated carbocycles. The fourth-order valence-corrected chi connectivity index (χ4v) is 4.11. The number of aromatic hydroxyl groups is 1. The molecule has 1 heterocycles. The van der Waals surface area contributed by atoms with E-state index in [4.69, 9.17) is 9.72 Å². The number of hydrogen-bond donors (Lipinski definition) is 1. The largest absolute Gasteiger partial charge is 0.504 e. The molecule has 37 heavy (non-hydrogen) atoms. The van der Waals surface area contributed by atoms with Crippen LogP contribution in [0, 0.1) is 18.8 Å². The van der Waals surface area contributed by atoms with Gasteiger partial charge in [0, 0.05) is 11.1 Å². The van der Waals surface area contributed by atoms with E-state index in [9.17, 15) is 9.90 Å². The van der Waals surface area contributed by atoms with E-state index in [0.29, 0.717) is 22.5 Å². The van der Waals surface area contributed by atoms with Crippen molar-refractivity contribution >= 4 is 23.1 Å². The fraction of sp³-hybridized carbons (Fsp3) is 0.0625. The van der Waals surface area contributed by atoms with Gasteiger partial charge in [-0.25, -0.2) is 4.98 Å². The van der Waals surface area contributed by atoms with Crippen LogP contribution in [-0.4, -0.2) is 21.8 Å². The number of fused-ring (bicyclic) bond motifs is 1. The molecule has 0 aliphatic carbocycles. The van der Waals surface area contributed by atoms with Crippen molar-refractivity contribution in [3.05, 3.63) is 129 Å². The molecule has 1 aromatic heterocycles. The van der Waals surface area contributed by atoms with Gasteiger partial charge in [-0.1, -0.05) is 54.3 Å². The normalized spacial score (nSPS) is 10.9. The quantitative estimate of drug-likeness (QED) is 0.319.